The normalized spacial score (nSPS) is 24.6. The number of esters is 1. The molecule has 2 atom stereocenters. The summed E-state index contributed by atoms with van der Waals surface area (Å²) in [6.07, 6.45) is 0.875. The largest absolute Gasteiger partial charge is 0.493 e. The summed E-state index contributed by atoms with van der Waals surface area (Å²) in [4.78, 5) is 23.5. The Hall–Kier alpha value is -2.04. The average Bonchev–Trinajstić information content (AvgIpc) is 3.03. The number of benzene rings is 1. The molecule has 2 aliphatic heterocycles. The van der Waals surface area contributed by atoms with Gasteiger partial charge in [0.2, 0.25) is 5.91 Å². The number of carbonyl (C=O) groups is 2. The van der Waals surface area contributed by atoms with Crippen molar-refractivity contribution < 1.29 is 19.1 Å². The van der Waals surface area contributed by atoms with Gasteiger partial charge >= 0.3 is 5.97 Å². The van der Waals surface area contributed by atoms with Crippen LogP contribution in [0.2, 0.25) is 0 Å². The molecule has 0 bridgehead atoms. The molecule has 0 spiro atoms. The summed E-state index contributed by atoms with van der Waals surface area (Å²) >= 11 is 0. The zero-order valence-electron chi connectivity index (χ0n) is 10.6. The first kappa shape index (κ1) is 12.0. The molecule has 1 saturated heterocycles. The first-order valence-electron chi connectivity index (χ1n) is 6.32. The van der Waals surface area contributed by atoms with Crippen LogP contribution in [0, 0.1) is 5.92 Å². The number of fused-ring (bicyclic) bond motifs is 1. The lowest BCUT2D eigenvalue weighted by Gasteiger charge is -2.15. The molecule has 1 amide bonds. The van der Waals surface area contributed by atoms with E-state index < -0.39 is 11.9 Å². The molecule has 19 heavy (non-hydrogen) atoms. The molecule has 1 aromatic rings. The highest BCUT2D eigenvalue weighted by Crippen LogP contribution is 2.34. The topological polar surface area (TPSA) is 64.6 Å². The van der Waals surface area contributed by atoms with Crippen LogP contribution in [0.5, 0.6) is 5.75 Å². The Morgan fingerprint density at radius 3 is 3.11 bits per heavy atom. The number of carbonyl (C=O) groups excluding carboxylic acids is 2. The molecule has 0 aromatic heterocycles. The van der Waals surface area contributed by atoms with Gasteiger partial charge in [0, 0.05) is 18.9 Å². The van der Waals surface area contributed by atoms with Crippen LogP contribution in [0.3, 0.4) is 0 Å². The van der Waals surface area contributed by atoms with Crippen molar-refractivity contribution in [2.45, 2.75) is 12.3 Å². The summed E-state index contributed by atoms with van der Waals surface area (Å²) in [6.45, 7) is 1.17. The van der Waals surface area contributed by atoms with Gasteiger partial charge in [-0.3, -0.25) is 9.59 Å². The van der Waals surface area contributed by atoms with Crippen LogP contribution >= 0.6 is 0 Å². The third-order valence-corrected chi connectivity index (χ3v) is 3.78. The number of methoxy groups -OCH3 is 1. The maximum absolute atomic E-state index is 11.8. The van der Waals surface area contributed by atoms with E-state index in [1.807, 2.05) is 18.2 Å². The van der Waals surface area contributed by atoms with Gasteiger partial charge in [0.05, 0.1) is 13.7 Å². The third-order valence-electron chi connectivity index (χ3n) is 3.78. The SMILES string of the molecule is COC(=O)C1C(=O)NC[C@H]1c1ccc2c(c1)CCO2. The molecular weight excluding hydrogens is 246 g/mol. The van der Waals surface area contributed by atoms with E-state index in [0.29, 0.717) is 13.2 Å². The molecule has 0 saturated carbocycles. The van der Waals surface area contributed by atoms with Gasteiger partial charge in [0.15, 0.2) is 0 Å². The molecule has 1 N–H and O–H groups in total. The van der Waals surface area contributed by atoms with Gasteiger partial charge in [-0.15, -0.1) is 0 Å². The third kappa shape index (κ3) is 1.95. The minimum atomic E-state index is -0.745. The lowest BCUT2D eigenvalue weighted by Crippen LogP contribution is -2.28. The van der Waals surface area contributed by atoms with Crippen molar-refractivity contribution in [3.63, 3.8) is 0 Å². The summed E-state index contributed by atoms with van der Waals surface area (Å²) < 4.78 is 10.2. The predicted molar refractivity (Wildman–Crippen MR) is 66.9 cm³/mol. The Morgan fingerprint density at radius 2 is 2.32 bits per heavy atom. The molecule has 0 radical (unpaired) electrons. The smallest absolute Gasteiger partial charge is 0.318 e. The Bertz CT molecular complexity index is 540. The number of rotatable bonds is 2. The first-order chi connectivity index (χ1) is 9.20. The highest BCUT2D eigenvalue weighted by atomic mass is 16.5. The van der Waals surface area contributed by atoms with Gasteiger partial charge in [-0.1, -0.05) is 12.1 Å². The second-order valence-corrected chi connectivity index (χ2v) is 4.82. The quantitative estimate of drug-likeness (QED) is 0.626. The minimum absolute atomic E-state index is 0.161. The van der Waals surface area contributed by atoms with Crippen LogP contribution in [-0.2, 0) is 20.7 Å². The number of ether oxygens (including phenoxy) is 2. The van der Waals surface area contributed by atoms with E-state index in [4.69, 9.17) is 9.47 Å². The summed E-state index contributed by atoms with van der Waals surface area (Å²) in [5.41, 5.74) is 2.12. The Balaban J connectivity index is 1.92. The monoisotopic (exact) mass is 261 g/mol. The van der Waals surface area contributed by atoms with Gasteiger partial charge in [-0.25, -0.2) is 0 Å². The number of hydrogen-bond acceptors (Lipinski definition) is 4. The molecule has 5 heteroatoms. The van der Waals surface area contributed by atoms with Crippen molar-refractivity contribution in [1.82, 2.24) is 5.32 Å². The fourth-order valence-electron chi connectivity index (χ4n) is 2.77. The zero-order chi connectivity index (χ0) is 13.4. The van der Waals surface area contributed by atoms with Gasteiger partial charge in [0.1, 0.15) is 11.7 Å². The molecule has 1 fully saturated rings. The van der Waals surface area contributed by atoms with Crippen LogP contribution in [0.4, 0.5) is 0 Å². The number of nitrogens with one attached hydrogen (secondary N) is 1. The second kappa shape index (κ2) is 4.57. The Kier molecular flexibility index (Phi) is 2.89. The molecule has 100 valence electrons. The van der Waals surface area contributed by atoms with Gasteiger partial charge in [-0.05, 0) is 17.2 Å². The highest BCUT2D eigenvalue weighted by molar-refractivity contribution is 6.00. The fraction of sp³-hybridized carbons (Fsp3) is 0.429. The summed E-state index contributed by atoms with van der Waals surface area (Å²) in [5, 5.41) is 2.73. The zero-order valence-corrected chi connectivity index (χ0v) is 10.6. The van der Waals surface area contributed by atoms with Crippen molar-refractivity contribution in [3.8, 4) is 5.75 Å². The van der Waals surface area contributed by atoms with Crippen LogP contribution in [0.15, 0.2) is 18.2 Å². The number of hydrogen-bond donors (Lipinski definition) is 1. The van der Waals surface area contributed by atoms with Crippen molar-refractivity contribution in [2.75, 3.05) is 20.3 Å². The molecule has 1 aromatic carbocycles. The second-order valence-electron chi connectivity index (χ2n) is 4.82. The predicted octanol–water partition coefficient (Wildman–Crippen LogP) is 0.624. The molecule has 0 aliphatic carbocycles. The Labute approximate surface area is 110 Å². The summed E-state index contributed by atoms with van der Waals surface area (Å²) in [6, 6.07) is 5.86. The van der Waals surface area contributed by atoms with E-state index in [1.165, 1.54) is 7.11 Å². The standard InChI is InChI=1S/C14H15NO4/c1-18-14(17)12-10(7-15-13(12)16)8-2-3-11-9(6-8)4-5-19-11/h2-3,6,10,12H,4-5,7H2,1H3,(H,15,16)/t10-,12?/m0/s1. The van der Waals surface area contributed by atoms with Crippen molar-refractivity contribution >= 4 is 11.9 Å². The van der Waals surface area contributed by atoms with Crippen LogP contribution in [-0.4, -0.2) is 32.1 Å². The Morgan fingerprint density at radius 1 is 1.47 bits per heavy atom. The van der Waals surface area contributed by atoms with E-state index in [9.17, 15) is 9.59 Å². The van der Waals surface area contributed by atoms with E-state index in [0.717, 1.165) is 23.3 Å². The molecular formula is C14H15NO4. The summed E-state index contributed by atoms with van der Waals surface area (Å²) in [5.74, 6) is -0.739. The highest BCUT2D eigenvalue weighted by Gasteiger charge is 2.42. The van der Waals surface area contributed by atoms with Gasteiger partial charge in [0.25, 0.3) is 0 Å². The maximum atomic E-state index is 11.8. The van der Waals surface area contributed by atoms with Gasteiger partial charge in [-0.2, -0.15) is 0 Å². The minimum Gasteiger partial charge on any atom is -0.493 e. The molecule has 1 unspecified atom stereocenters. The van der Waals surface area contributed by atoms with Crippen LogP contribution in [0.1, 0.15) is 17.0 Å². The van der Waals surface area contributed by atoms with Crippen LogP contribution < -0.4 is 10.1 Å². The number of amides is 1. The fourth-order valence-corrected chi connectivity index (χ4v) is 2.77. The molecule has 2 heterocycles. The first-order valence-corrected chi connectivity index (χ1v) is 6.32. The summed E-state index contributed by atoms with van der Waals surface area (Å²) in [7, 11) is 1.31. The van der Waals surface area contributed by atoms with E-state index in [1.54, 1.807) is 0 Å². The molecule has 5 nitrogen and oxygen atoms in total. The lowest BCUT2D eigenvalue weighted by atomic mass is 9.87. The van der Waals surface area contributed by atoms with Crippen molar-refractivity contribution in [1.29, 1.82) is 0 Å². The van der Waals surface area contributed by atoms with Gasteiger partial charge < -0.3 is 14.8 Å². The van der Waals surface area contributed by atoms with E-state index in [2.05, 4.69) is 5.32 Å². The molecule has 3 rings (SSSR count). The average molecular weight is 261 g/mol. The molecule has 2 aliphatic rings. The van der Waals surface area contributed by atoms with Crippen LogP contribution in [0.25, 0.3) is 0 Å². The lowest BCUT2D eigenvalue weighted by molar-refractivity contribution is -0.149. The van der Waals surface area contributed by atoms with Crippen molar-refractivity contribution in [3.05, 3.63) is 29.3 Å². The van der Waals surface area contributed by atoms with Crippen molar-refractivity contribution in [2.24, 2.45) is 5.92 Å². The maximum Gasteiger partial charge on any atom is 0.318 e. The van der Waals surface area contributed by atoms with E-state index in [-0.39, 0.29) is 11.8 Å². The van der Waals surface area contributed by atoms with E-state index >= 15 is 0 Å².